The number of benzene rings is 2. The lowest BCUT2D eigenvalue weighted by Crippen LogP contribution is -2.46. The van der Waals surface area contributed by atoms with Gasteiger partial charge in [-0.15, -0.1) is 0 Å². The average molecular weight is 398 g/mol. The van der Waals surface area contributed by atoms with Crippen LogP contribution in [0.25, 0.3) is 0 Å². The molecule has 6 heteroatoms. The molecule has 1 aliphatic heterocycles. The summed E-state index contributed by atoms with van der Waals surface area (Å²) in [5.74, 6) is 0.812. The third kappa shape index (κ3) is 5.95. The summed E-state index contributed by atoms with van der Waals surface area (Å²) >= 11 is 0. The van der Waals surface area contributed by atoms with Crippen LogP contribution in [0.4, 0.5) is 4.79 Å². The van der Waals surface area contributed by atoms with Crippen LogP contribution >= 0.6 is 0 Å². The van der Waals surface area contributed by atoms with Gasteiger partial charge in [0.1, 0.15) is 5.75 Å². The van der Waals surface area contributed by atoms with Crippen molar-refractivity contribution < 1.29 is 14.3 Å². The van der Waals surface area contributed by atoms with E-state index in [-0.39, 0.29) is 12.1 Å². The van der Waals surface area contributed by atoms with Crippen LogP contribution in [0.5, 0.6) is 5.75 Å². The van der Waals surface area contributed by atoms with Crippen molar-refractivity contribution in [2.24, 2.45) is 0 Å². The minimum atomic E-state index is -0.0771. The van der Waals surface area contributed by atoms with E-state index in [4.69, 9.17) is 9.47 Å². The number of morpholine rings is 1. The Balaban J connectivity index is 1.62. The molecule has 1 saturated heterocycles. The summed E-state index contributed by atoms with van der Waals surface area (Å²) in [4.78, 5) is 16.8. The molecule has 1 aliphatic rings. The van der Waals surface area contributed by atoms with Gasteiger partial charge in [0.05, 0.1) is 26.4 Å². The quantitative estimate of drug-likeness (QED) is 0.780. The number of nitrogens with one attached hydrogen (secondary N) is 1. The summed E-state index contributed by atoms with van der Waals surface area (Å²) in [6.07, 6.45) is 0. The van der Waals surface area contributed by atoms with Gasteiger partial charge in [0.2, 0.25) is 0 Å². The van der Waals surface area contributed by atoms with Crippen molar-refractivity contribution in [2.45, 2.75) is 19.5 Å². The number of methoxy groups -OCH3 is 1. The molecule has 0 aromatic heterocycles. The van der Waals surface area contributed by atoms with E-state index < -0.39 is 0 Å². The molecule has 1 heterocycles. The molecule has 156 valence electrons. The maximum Gasteiger partial charge on any atom is 0.317 e. The number of nitrogens with zero attached hydrogens (tertiary/aromatic N) is 2. The van der Waals surface area contributed by atoms with Crippen molar-refractivity contribution in [1.29, 1.82) is 0 Å². The molecule has 29 heavy (non-hydrogen) atoms. The second kappa shape index (κ2) is 10.3. The number of hydrogen-bond donors (Lipinski definition) is 1. The second-order valence-corrected chi connectivity index (χ2v) is 7.47. The predicted molar refractivity (Wildman–Crippen MR) is 114 cm³/mol. The van der Waals surface area contributed by atoms with Crippen molar-refractivity contribution in [3.8, 4) is 5.75 Å². The number of ether oxygens (including phenoxy) is 2. The Morgan fingerprint density at radius 2 is 1.93 bits per heavy atom. The van der Waals surface area contributed by atoms with Gasteiger partial charge in [0, 0.05) is 33.2 Å². The molecule has 0 saturated carbocycles. The standard InChI is InChI=1S/C23H31N3O3/c1-18-5-4-6-20(15-18)22(26-11-13-29-14-12-26)16-24-23(27)25(2)17-19-7-9-21(28-3)10-8-19/h4-10,15,22H,11-14,16-17H2,1-3H3,(H,24,27). The Kier molecular flexibility index (Phi) is 7.49. The normalized spacial score (nSPS) is 15.6. The minimum Gasteiger partial charge on any atom is -0.497 e. The number of urea groups is 1. The van der Waals surface area contributed by atoms with E-state index in [1.165, 1.54) is 11.1 Å². The number of aryl methyl sites for hydroxylation is 1. The number of carbonyl (C=O) groups excluding carboxylic acids is 1. The van der Waals surface area contributed by atoms with Gasteiger partial charge in [-0.3, -0.25) is 4.90 Å². The lowest BCUT2D eigenvalue weighted by Gasteiger charge is -2.35. The molecule has 1 atom stereocenters. The Labute approximate surface area is 173 Å². The fourth-order valence-corrected chi connectivity index (χ4v) is 3.62. The average Bonchev–Trinajstić information content (AvgIpc) is 2.75. The van der Waals surface area contributed by atoms with E-state index in [0.29, 0.717) is 13.1 Å². The van der Waals surface area contributed by atoms with Gasteiger partial charge in [-0.25, -0.2) is 4.79 Å². The Hall–Kier alpha value is -2.57. The van der Waals surface area contributed by atoms with Crippen molar-refractivity contribution in [3.63, 3.8) is 0 Å². The molecule has 0 aliphatic carbocycles. The summed E-state index contributed by atoms with van der Waals surface area (Å²) < 4.78 is 10.7. The smallest absolute Gasteiger partial charge is 0.317 e. The van der Waals surface area contributed by atoms with Gasteiger partial charge in [-0.2, -0.15) is 0 Å². The van der Waals surface area contributed by atoms with Crippen LogP contribution in [0.2, 0.25) is 0 Å². The van der Waals surface area contributed by atoms with Gasteiger partial charge in [-0.1, -0.05) is 42.0 Å². The Morgan fingerprint density at radius 1 is 1.21 bits per heavy atom. The van der Waals surface area contributed by atoms with Crippen molar-refractivity contribution >= 4 is 6.03 Å². The van der Waals surface area contributed by atoms with E-state index in [1.54, 1.807) is 12.0 Å². The summed E-state index contributed by atoms with van der Waals surface area (Å²) in [5, 5.41) is 3.12. The maximum absolute atomic E-state index is 12.7. The monoisotopic (exact) mass is 397 g/mol. The molecule has 6 nitrogen and oxygen atoms in total. The van der Waals surface area contributed by atoms with Crippen LogP contribution in [0.3, 0.4) is 0 Å². The molecule has 0 radical (unpaired) electrons. The largest absolute Gasteiger partial charge is 0.497 e. The van der Waals surface area contributed by atoms with Crippen LogP contribution in [-0.2, 0) is 11.3 Å². The molecule has 1 fully saturated rings. The van der Waals surface area contributed by atoms with E-state index in [1.807, 2.05) is 31.3 Å². The van der Waals surface area contributed by atoms with Crippen molar-refractivity contribution in [2.75, 3.05) is 47.0 Å². The van der Waals surface area contributed by atoms with Gasteiger partial charge in [0.25, 0.3) is 0 Å². The fourth-order valence-electron chi connectivity index (χ4n) is 3.62. The fraction of sp³-hybridized carbons (Fsp3) is 0.435. The molecular weight excluding hydrogens is 366 g/mol. The Morgan fingerprint density at radius 3 is 2.59 bits per heavy atom. The highest BCUT2D eigenvalue weighted by Crippen LogP contribution is 2.22. The van der Waals surface area contributed by atoms with Crippen molar-refractivity contribution in [3.05, 3.63) is 65.2 Å². The number of amides is 2. The molecule has 2 aromatic carbocycles. The number of hydrogen-bond acceptors (Lipinski definition) is 4. The third-order valence-corrected chi connectivity index (χ3v) is 5.29. The zero-order chi connectivity index (χ0) is 20.6. The van der Waals surface area contributed by atoms with E-state index in [2.05, 4.69) is 41.4 Å². The second-order valence-electron chi connectivity index (χ2n) is 7.47. The van der Waals surface area contributed by atoms with E-state index >= 15 is 0 Å². The van der Waals surface area contributed by atoms with Gasteiger partial charge in [0.15, 0.2) is 0 Å². The van der Waals surface area contributed by atoms with Gasteiger partial charge in [-0.05, 0) is 30.2 Å². The van der Waals surface area contributed by atoms with Crippen LogP contribution in [-0.4, -0.2) is 62.8 Å². The van der Waals surface area contributed by atoms with Gasteiger partial charge < -0.3 is 19.7 Å². The number of carbonyl (C=O) groups is 1. The van der Waals surface area contributed by atoms with Crippen LogP contribution in [0.1, 0.15) is 22.7 Å². The highest BCUT2D eigenvalue weighted by atomic mass is 16.5. The van der Waals surface area contributed by atoms with E-state index in [9.17, 15) is 4.79 Å². The highest BCUT2D eigenvalue weighted by Gasteiger charge is 2.23. The summed E-state index contributed by atoms with van der Waals surface area (Å²) in [7, 11) is 3.46. The molecular formula is C23H31N3O3. The number of rotatable bonds is 7. The topological polar surface area (TPSA) is 54.0 Å². The lowest BCUT2D eigenvalue weighted by molar-refractivity contribution is 0.0165. The first-order valence-corrected chi connectivity index (χ1v) is 10.1. The van der Waals surface area contributed by atoms with Crippen LogP contribution < -0.4 is 10.1 Å². The van der Waals surface area contributed by atoms with Crippen molar-refractivity contribution in [1.82, 2.24) is 15.1 Å². The zero-order valence-corrected chi connectivity index (χ0v) is 17.6. The molecule has 0 spiro atoms. The first-order valence-electron chi connectivity index (χ1n) is 10.1. The molecule has 1 N–H and O–H groups in total. The Bertz CT molecular complexity index is 788. The summed E-state index contributed by atoms with van der Waals surface area (Å²) in [5.41, 5.74) is 3.51. The highest BCUT2D eigenvalue weighted by molar-refractivity contribution is 5.73. The van der Waals surface area contributed by atoms with Crippen LogP contribution in [0.15, 0.2) is 48.5 Å². The van der Waals surface area contributed by atoms with E-state index in [0.717, 1.165) is 37.6 Å². The van der Waals surface area contributed by atoms with Crippen LogP contribution in [0, 0.1) is 6.92 Å². The first-order chi connectivity index (χ1) is 14.1. The molecule has 2 aromatic rings. The zero-order valence-electron chi connectivity index (χ0n) is 17.6. The van der Waals surface area contributed by atoms with Gasteiger partial charge >= 0.3 is 6.03 Å². The lowest BCUT2D eigenvalue weighted by atomic mass is 10.0. The molecule has 1 unspecified atom stereocenters. The maximum atomic E-state index is 12.7. The molecule has 0 bridgehead atoms. The minimum absolute atomic E-state index is 0.0771. The predicted octanol–water partition coefficient (Wildman–Crippen LogP) is 3.22. The SMILES string of the molecule is COc1ccc(CN(C)C(=O)NCC(c2cccc(C)c2)N2CCOCC2)cc1. The first kappa shape index (κ1) is 21.1. The molecule has 3 rings (SSSR count). The third-order valence-electron chi connectivity index (χ3n) is 5.29. The summed E-state index contributed by atoms with van der Waals surface area (Å²) in [6.45, 7) is 6.41. The summed E-state index contributed by atoms with van der Waals surface area (Å²) in [6, 6.07) is 16.4. The molecule has 2 amide bonds.